The molecular weight excluding hydrogens is 218 g/mol. The first-order valence-corrected chi connectivity index (χ1v) is 7.67. The summed E-state index contributed by atoms with van der Waals surface area (Å²) in [6.07, 6.45) is 6.82. The molecule has 92 valence electrons. The minimum Gasteiger partial charge on any atom is -0.338 e. The predicted octanol–water partition coefficient (Wildman–Crippen LogP) is 3.06. The fourth-order valence-electron chi connectivity index (χ4n) is 3.13. The Morgan fingerprint density at radius 2 is 2.25 bits per heavy atom. The van der Waals surface area contributed by atoms with E-state index in [1.165, 1.54) is 25.0 Å². The number of hydrogen-bond donors (Lipinski definition) is 0. The zero-order valence-corrected chi connectivity index (χ0v) is 11.3. The van der Waals surface area contributed by atoms with Gasteiger partial charge in [-0.15, -0.1) is 11.8 Å². The van der Waals surface area contributed by atoms with Gasteiger partial charge in [-0.25, -0.2) is 0 Å². The standard InChI is InChI=1S/C13H23NOS/c1-3-8-13(4-2)12(15)14-9-5-6-11(14)7-10-16-13/h11H,3-10H2,1-2H3/t11-,13+/m0/s1. The molecule has 0 aliphatic carbocycles. The van der Waals surface area contributed by atoms with Gasteiger partial charge in [0.25, 0.3) is 0 Å². The van der Waals surface area contributed by atoms with E-state index in [-0.39, 0.29) is 4.75 Å². The third-order valence-electron chi connectivity index (χ3n) is 4.08. The van der Waals surface area contributed by atoms with Crippen LogP contribution in [0.4, 0.5) is 0 Å². The Morgan fingerprint density at radius 1 is 1.44 bits per heavy atom. The van der Waals surface area contributed by atoms with Crippen molar-refractivity contribution in [2.75, 3.05) is 12.3 Å². The van der Waals surface area contributed by atoms with Crippen molar-refractivity contribution in [3.8, 4) is 0 Å². The summed E-state index contributed by atoms with van der Waals surface area (Å²) in [5.41, 5.74) is 0. The number of fused-ring (bicyclic) bond motifs is 1. The van der Waals surface area contributed by atoms with Crippen molar-refractivity contribution in [2.24, 2.45) is 0 Å². The lowest BCUT2D eigenvalue weighted by molar-refractivity contribution is -0.134. The second-order valence-corrected chi connectivity index (χ2v) is 6.51. The molecule has 0 aromatic heterocycles. The second kappa shape index (κ2) is 4.99. The highest BCUT2D eigenvalue weighted by Crippen LogP contribution is 2.41. The summed E-state index contributed by atoms with van der Waals surface area (Å²) < 4.78 is -0.0894. The van der Waals surface area contributed by atoms with Crippen molar-refractivity contribution in [1.29, 1.82) is 0 Å². The van der Waals surface area contributed by atoms with Gasteiger partial charge in [0, 0.05) is 12.6 Å². The number of rotatable bonds is 3. The first-order valence-electron chi connectivity index (χ1n) is 6.68. The molecule has 1 amide bonds. The van der Waals surface area contributed by atoms with Crippen LogP contribution in [0.25, 0.3) is 0 Å². The molecule has 2 atom stereocenters. The van der Waals surface area contributed by atoms with Crippen LogP contribution < -0.4 is 0 Å². The molecule has 2 nitrogen and oxygen atoms in total. The molecule has 0 radical (unpaired) electrons. The predicted molar refractivity (Wildman–Crippen MR) is 69.7 cm³/mol. The lowest BCUT2D eigenvalue weighted by Gasteiger charge is -2.33. The molecule has 2 saturated heterocycles. The number of carbonyl (C=O) groups excluding carboxylic acids is 1. The highest BCUT2D eigenvalue weighted by molar-refractivity contribution is 8.01. The molecule has 2 heterocycles. The number of thioether (sulfide) groups is 1. The Balaban J connectivity index is 2.21. The quantitative estimate of drug-likeness (QED) is 0.757. The van der Waals surface area contributed by atoms with Crippen LogP contribution in [-0.4, -0.2) is 33.9 Å². The van der Waals surface area contributed by atoms with Gasteiger partial charge in [-0.3, -0.25) is 4.79 Å². The normalized spacial score (nSPS) is 35.0. The largest absolute Gasteiger partial charge is 0.338 e. The van der Waals surface area contributed by atoms with Gasteiger partial charge in [-0.1, -0.05) is 20.3 Å². The Labute approximate surface area is 103 Å². The third-order valence-corrected chi connectivity index (χ3v) is 5.74. The van der Waals surface area contributed by atoms with Crippen molar-refractivity contribution in [2.45, 2.75) is 63.2 Å². The van der Waals surface area contributed by atoms with Crippen LogP contribution in [0.3, 0.4) is 0 Å². The lowest BCUT2D eigenvalue weighted by Crippen LogP contribution is -2.46. The van der Waals surface area contributed by atoms with Gasteiger partial charge in [-0.2, -0.15) is 0 Å². The Morgan fingerprint density at radius 3 is 2.94 bits per heavy atom. The van der Waals surface area contributed by atoms with Gasteiger partial charge in [0.2, 0.25) is 5.91 Å². The van der Waals surface area contributed by atoms with E-state index < -0.39 is 0 Å². The van der Waals surface area contributed by atoms with Crippen LogP contribution >= 0.6 is 11.8 Å². The summed E-state index contributed by atoms with van der Waals surface area (Å²) in [4.78, 5) is 14.9. The average Bonchev–Trinajstić information content (AvgIpc) is 2.70. The van der Waals surface area contributed by atoms with Crippen LogP contribution in [0.2, 0.25) is 0 Å². The molecule has 0 saturated carbocycles. The zero-order chi connectivity index (χ0) is 11.6. The molecule has 16 heavy (non-hydrogen) atoms. The molecule has 2 aliphatic heterocycles. The molecule has 2 aliphatic rings. The summed E-state index contributed by atoms with van der Waals surface area (Å²) in [6, 6.07) is 0.560. The van der Waals surface area contributed by atoms with E-state index in [4.69, 9.17) is 0 Å². The van der Waals surface area contributed by atoms with Crippen LogP contribution in [0, 0.1) is 0 Å². The minimum atomic E-state index is -0.0894. The zero-order valence-electron chi connectivity index (χ0n) is 10.5. The highest BCUT2D eigenvalue weighted by Gasteiger charge is 2.44. The maximum atomic E-state index is 12.7. The lowest BCUT2D eigenvalue weighted by atomic mass is 9.97. The van der Waals surface area contributed by atoms with E-state index in [1.54, 1.807) is 0 Å². The smallest absolute Gasteiger partial charge is 0.239 e. The van der Waals surface area contributed by atoms with Crippen LogP contribution in [0.1, 0.15) is 52.4 Å². The van der Waals surface area contributed by atoms with Gasteiger partial charge >= 0.3 is 0 Å². The first kappa shape index (κ1) is 12.3. The van der Waals surface area contributed by atoms with Crippen molar-refractivity contribution in [3.05, 3.63) is 0 Å². The molecular formula is C13H23NOS. The van der Waals surface area contributed by atoms with Crippen molar-refractivity contribution in [1.82, 2.24) is 4.90 Å². The fraction of sp³-hybridized carbons (Fsp3) is 0.923. The molecule has 2 rings (SSSR count). The molecule has 0 N–H and O–H groups in total. The maximum Gasteiger partial charge on any atom is 0.239 e. The van der Waals surface area contributed by atoms with Crippen molar-refractivity contribution in [3.63, 3.8) is 0 Å². The van der Waals surface area contributed by atoms with Gasteiger partial charge in [0.15, 0.2) is 0 Å². The minimum absolute atomic E-state index is 0.0894. The SMILES string of the molecule is CCC[C@@]1(CC)SCC[C@@H]2CCCN2C1=O. The molecule has 0 bridgehead atoms. The van der Waals surface area contributed by atoms with Crippen LogP contribution in [0.5, 0.6) is 0 Å². The average molecular weight is 241 g/mol. The molecule has 2 fully saturated rings. The molecule has 0 spiro atoms. The molecule has 0 aromatic carbocycles. The molecule has 3 heteroatoms. The van der Waals surface area contributed by atoms with Crippen LogP contribution in [-0.2, 0) is 4.79 Å². The number of nitrogens with zero attached hydrogens (tertiary/aromatic N) is 1. The summed E-state index contributed by atoms with van der Waals surface area (Å²) in [5, 5.41) is 0. The third kappa shape index (κ3) is 1.99. The van der Waals surface area contributed by atoms with E-state index in [2.05, 4.69) is 18.7 Å². The van der Waals surface area contributed by atoms with Gasteiger partial charge < -0.3 is 4.90 Å². The number of hydrogen-bond acceptors (Lipinski definition) is 2. The van der Waals surface area contributed by atoms with Crippen molar-refractivity contribution >= 4 is 17.7 Å². The summed E-state index contributed by atoms with van der Waals surface area (Å²) in [6.45, 7) is 5.38. The van der Waals surface area contributed by atoms with Crippen LogP contribution in [0.15, 0.2) is 0 Å². The molecule has 0 unspecified atom stereocenters. The summed E-state index contributed by atoms with van der Waals surface area (Å²) >= 11 is 1.93. The Bertz CT molecular complexity index is 269. The van der Waals surface area contributed by atoms with E-state index in [0.29, 0.717) is 11.9 Å². The van der Waals surface area contributed by atoms with Gasteiger partial charge in [0.1, 0.15) is 0 Å². The topological polar surface area (TPSA) is 20.3 Å². The van der Waals surface area contributed by atoms with Crippen molar-refractivity contribution < 1.29 is 4.79 Å². The first-order chi connectivity index (χ1) is 7.73. The Kier molecular flexibility index (Phi) is 3.83. The number of amides is 1. The molecule has 0 aromatic rings. The number of carbonyl (C=O) groups is 1. The monoisotopic (exact) mass is 241 g/mol. The van der Waals surface area contributed by atoms with Gasteiger partial charge in [-0.05, 0) is 37.9 Å². The summed E-state index contributed by atoms with van der Waals surface area (Å²) in [5.74, 6) is 1.61. The highest BCUT2D eigenvalue weighted by atomic mass is 32.2. The Hall–Kier alpha value is -0.180. The second-order valence-electron chi connectivity index (χ2n) is 5.03. The van der Waals surface area contributed by atoms with E-state index in [1.807, 2.05) is 11.8 Å². The van der Waals surface area contributed by atoms with E-state index >= 15 is 0 Å². The van der Waals surface area contributed by atoms with E-state index in [0.717, 1.165) is 25.8 Å². The van der Waals surface area contributed by atoms with Gasteiger partial charge in [0.05, 0.1) is 4.75 Å². The fourth-order valence-corrected chi connectivity index (χ4v) is 4.70. The maximum absolute atomic E-state index is 12.7. The summed E-state index contributed by atoms with van der Waals surface area (Å²) in [7, 11) is 0. The van der Waals surface area contributed by atoms with E-state index in [9.17, 15) is 4.79 Å².